The highest BCUT2D eigenvalue weighted by molar-refractivity contribution is 6.07. The highest BCUT2D eigenvalue weighted by Gasteiger charge is 2.67. The van der Waals surface area contributed by atoms with Crippen LogP contribution in [-0.4, -0.2) is 72.5 Å². The fourth-order valence-corrected chi connectivity index (χ4v) is 5.54. The number of fused-ring (bicyclic) bond motifs is 5. The zero-order chi connectivity index (χ0) is 31.4. The summed E-state index contributed by atoms with van der Waals surface area (Å²) in [5.41, 5.74) is 1.54. The van der Waals surface area contributed by atoms with E-state index in [9.17, 15) is 28.8 Å². The van der Waals surface area contributed by atoms with E-state index in [1.54, 1.807) is 50.3 Å². The van der Waals surface area contributed by atoms with Crippen molar-refractivity contribution in [2.75, 3.05) is 30.4 Å². The van der Waals surface area contributed by atoms with Crippen molar-refractivity contribution in [2.45, 2.75) is 32.0 Å². The number of nitrogens with one attached hydrogen (secondary N) is 2. The summed E-state index contributed by atoms with van der Waals surface area (Å²) >= 11 is 0. The van der Waals surface area contributed by atoms with Gasteiger partial charge in [0, 0.05) is 17.9 Å². The van der Waals surface area contributed by atoms with Crippen LogP contribution in [0.15, 0.2) is 58.5 Å². The molecule has 44 heavy (non-hydrogen) atoms. The van der Waals surface area contributed by atoms with Crippen LogP contribution in [-0.2, 0) is 33.4 Å². The zero-order valence-electron chi connectivity index (χ0n) is 23.7. The van der Waals surface area contributed by atoms with Gasteiger partial charge in [0.2, 0.25) is 24.0 Å². The van der Waals surface area contributed by atoms with E-state index >= 15 is 0 Å². The molecule has 2 N–H and O–H groups in total. The Bertz CT molecular complexity index is 1660. The summed E-state index contributed by atoms with van der Waals surface area (Å²) in [7, 11) is 0. The number of ether oxygens (including phenoxy) is 3. The minimum atomic E-state index is -1.30. The number of likely N-dealkylation sites (tertiary alicyclic amines) is 1. The van der Waals surface area contributed by atoms with Gasteiger partial charge in [-0.25, -0.2) is 19.2 Å². The van der Waals surface area contributed by atoms with Crippen LogP contribution >= 0.6 is 0 Å². The van der Waals surface area contributed by atoms with Crippen LogP contribution in [0.25, 0.3) is 0 Å². The Morgan fingerprint density at radius 1 is 0.932 bits per heavy atom. The van der Waals surface area contributed by atoms with E-state index in [-0.39, 0.29) is 26.2 Å². The van der Waals surface area contributed by atoms with Crippen molar-refractivity contribution >= 4 is 58.9 Å². The van der Waals surface area contributed by atoms with Gasteiger partial charge in [-0.1, -0.05) is 18.2 Å². The van der Waals surface area contributed by atoms with Crippen LogP contribution in [0, 0.1) is 25.7 Å². The van der Waals surface area contributed by atoms with Gasteiger partial charge in [0.1, 0.15) is 12.2 Å². The van der Waals surface area contributed by atoms with Crippen LogP contribution in [0.3, 0.4) is 0 Å². The number of hydrogen-bond acceptors (Lipinski definition) is 11. The van der Waals surface area contributed by atoms with Gasteiger partial charge in [0.25, 0.3) is 0 Å². The maximum atomic E-state index is 13.4. The largest absolute Gasteiger partial charge is 0.449 e. The fourth-order valence-electron chi connectivity index (χ4n) is 5.54. The molecule has 4 amide bonds. The Morgan fingerprint density at radius 3 is 2.11 bits per heavy atom. The predicted octanol–water partition coefficient (Wildman–Crippen LogP) is 3.73. The number of aliphatic imine (C=N–C) groups is 2. The van der Waals surface area contributed by atoms with Crippen molar-refractivity contribution in [2.24, 2.45) is 21.8 Å². The van der Waals surface area contributed by atoms with E-state index in [2.05, 4.69) is 20.6 Å². The van der Waals surface area contributed by atoms with Gasteiger partial charge in [-0.05, 0) is 61.7 Å². The molecule has 14 nitrogen and oxygen atoms in total. The number of benzene rings is 2. The first kappa shape index (κ1) is 30.1. The Labute approximate surface area is 250 Å². The third-order valence-electron chi connectivity index (χ3n) is 7.68. The Balaban J connectivity index is 1.13. The first-order valence-electron chi connectivity index (χ1n) is 13.6. The van der Waals surface area contributed by atoms with Gasteiger partial charge in [-0.3, -0.25) is 25.1 Å². The lowest BCUT2D eigenvalue weighted by molar-refractivity contribution is -0.145. The van der Waals surface area contributed by atoms with Crippen LogP contribution < -0.4 is 10.6 Å². The summed E-state index contributed by atoms with van der Waals surface area (Å²) in [6, 6.07) is 9.56. The maximum Gasteiger partial charge on any atom is 0.411 e. The minimum absolute atomic E-state index is 0.0177. The quantitative estimate of drug-likeness (QED) is 0.135. The smallest absolute Gasteiger partial charge is 0.411 e. The van der Waals surface area contributed by atoms with Crippen molar-refractivity contribution in [3.05, 3.63) is 59.7 Å². The molecule has 3 aliphatic heterocycles. The second-order valence-electron chi connectivity index (χ2n) is 10.5. The van der Waals surface area contributed by atoms with Gasteiger partial charge in [0.05, 0.1) is 35.9 Å². The van der Waals surface area contributed by atoms with Crippen molar-refractivity contribution in [1.29, 1.82) is 0 Å². The van der Waals surface area contributed by atoms with Gasteiger partial charge in [0.15, 0.2) is 0 Å². The molecule has 0 aromatic heterocycles. The Morgan fingerprint density at radius 2 is 1.52 bits per heavy atom. The molecule has 4 atom stereocenters. The molecular weight excluding hydrogens is 574 g/mol. The summed E-state index contributed by atoms with van der Waals surface area (Å²) in [6.45, 7) is 3.13. The van der Waals surface area contributed by atoms with E-state index in [1.165, 1.54) is 24.3 Å². The lowest BCUT2D eigenvalue weighted by Gasteiger charge is -2.28. The molecule has 2 aromatic carbocycles. The Kier molecular flexibility index (Phi) is 8.50. The number of amides is 4. The summed E-state index contributed by atoms with van der Waals surface area (Å²) < 4.78 is 16.6. The van der Waals surface area contributed by atoms with Crippen LogP contribution in [0.1, 0.15) is 17.5 Å². The predicted molar refractivity (Wildman–Crippen MR) is 153 cm³/mol. The highest BCUT2D eigenvalue weighted by atomic mass is 16.6. The molecule has 0 saturated carbocycles. The number of aryl methyl sites for hydroxylation is 2. The lowest BCUT2D eigenvalue weighted by Crippen LogP contribution is -2.45. The van der Waals surface area contributed by atoms with Crippen LogP contribution in [0.5, 0.6) is 0 Å². The molecule has 3 aliphatic rings. The van der Waals surface area contributed by atoms with Crippen molar-refractivity contribution in [3.8, 4) is 0 Å². The van der Waals surface area contributed by atoms with Crippen LogP contribution in [0.2, 0.25) is 0 Å². The molecule has 2 bridgehead atoms. The van der Waals surface area contributed by atoms with Crippen LogP contribution in [0.4, 0.5) is 32.3 Å². The first-order chi connectivity index (χ1) is 21.2. The topological polar surface area (TPSA) is 182 Å². The van der Waals surface area contributed by atoms with Gasteiger partial charge in [-0.2, -0.15) is 9.98 Å². The van der Waals surface area contributed by atoms with Crippen molar-refractivity contribution < 1.29 is 43.0 Å². The van der Waals surface area contributed by atoms with Crippen molar-refractivity contribution in [1.82, 2.24) is 4.90 Å². The van der Waals surface area contributed by atoms with E-state index < -0.39 is 47.5 Å². The minimum Gasteiger partial charge on any atom is -0.449 e. The number of hydrogen-bond donors (Lipinski definition) is 2. The molecule has 3 heterocycles. The average Bonchev–Trinajstić information content (AvgIpc) is 3.64. The lowest BCUT2D eigenvalue weighted by atomic mass is 9.77. The summed E-state index contributed by atoms with van der Waals surface area (Å²) in [4.78, 5) is 80.8. The average molecular weight is 602 g/mol. The monoisotopic (exact) mass is 601 g/mol. The fraction of sp³-hybridized carbons (Fsp3) is 0.333. The van der Waals surface area contributed by atoms with E-state index in [0.717, 1.165) is 10.5 Å². The molecule has 0 aliphatic carbocycles. The number of anilines is 2. The first-order valence-corrected chi connectivity index (χ1v) is 13.6. The molecule has 0 radical (unpaired) electrons. The molecule has 2 aromatic rings. The molecule has 5 rings (SSSR count). The molecule has 14 heteroatoms. The molecule has 2 saturated heterocycles. The zero-order valence-corrected chi connectivity index (χ0v) is 23.7. The third-order valence-corrected chi connectivity index (χ3v) is 7.68. The van der Waals surface area contributed by atoms with Crippen molar-refractivity contribution in [3.63, 3.8) is 0 Å². The molecular formula is C30H27N5O9. The number of rotatable bonds is 10. The number of imide groups is 1. The van der Waals surface area contributed by atoms with Gasteiger partial charge < -0.3 is 14.2 Å². The SMILES string of the molecule is Cc1ccc(NC(=O)OCCCN2C(=O)C3C4C=CC(COC(=O)Nc5ccc(C)c(N=C=O)c5)(O4)C3C2=O)cc1N=C=O. The van der Waals surface area contributed by atoms with Gasteiger partial charge in [-0.15, -0.1) is 0 Å². The molecule has 2 fully saturated rings. The molecule has 226 valence electrons. The maximum absolute atomic E-state index is 13.4. The number of isocyanates is 2. The van der Waals surface area contributed by atoms with E-state index in [4.69, 9.17) is 14.2 Å². The second kappa shape index (κ2) is 12.4. The number of nitrogens with zero attached hydrogens (tertiary/aromatic N) is 3. The number of carbonyl (C=O) groups excluding carboxylic acids is 6. The second-order valence-corrected chi connectivity index (χ2v) is 10.5. The Hall–Kier alpha value is -5.42. The molecule has 0 spiro atoms. The van der Waals surface area contributed by atoms with E-state index in [0.29, 0.717) is 28.3 Å². The number of carbonyl (C=O) groups is 4. The third kappa shape index (κ3) is 5.90. The summed E-state index contributed by atoms with van der Waals surface area (Å²) in [5, 5.41) is 5.08. The normalized spacial score (nSPS) is 22.6. The van der Waals surface area contributed by atoms with Gasteiger partial charge >= 0.3 is 12.2 Å². The van der Waals surface area contributed by atoms with E-state index in [1.807, 2.05) is 0 Å². The summed E-state index contributed by atoms with van der Waals surface area (Å²) in [5.74, 6) is -2.50. The standard InChI is InChI=1S/C30H27N5O9/c1-17-4-6-19(12-21(17)31-15-36)33-28(40)42-11-3-10-35-26(38)24-23-8-9-30(44-23,25(24)27(35)39)14-43-29(41)34-20-7-5-18(2)22(13-20)32-16-37/h4-9,12-13,23-25H,3,10-11,14H2,1-2H3,(H,33,40)(H,34,41). The summed E-state index contributed by atoms with van der Waals surface area (Å²) in [6.07, 6.45) is 4.22. The molecule has 4 unspecified atom stereocenters. The highest BCUT2D eigenvalue weighted by Crippen LogP contribution is 2.52.